The molecule has 3 rings (SSSR count). The molecule has 1 aromatic carbocycles. The number of hydrogen-bond acceptors (Lipinski definition) is 10. The third kappa shape index (κ3) is 9.86. The molecule has 39 heavy (non-hydrogen) atoms. The quantitative estimate of drug-likeness (QED) is 0.107. The van der Waals surface area contributed by atoms with E-state index in [-0.39, 0.29) is 77.9 Å². The fraction of sp³-hybridized carbons (Fsp3) is 0.565. The average Bonchev–Trinajstić information content (AvgIpc) is 3.22. The van der Waals surface area contributed by atoms with Crippen molar-refractivity contribution >= 4 is 30.5 Å². The minimum Gasteiger partial charge on any atom is -0.766 e. The van der Waals surface area contributed by atoms with Gasteiger partial charge in [-0.25, -0.2) is 5.09 Å². The first-order valence-corrected chi connectivity index (χ1v) is 13.4. The van der Waals surface area contributed by atoms with Gasteiger partial charge in [0.05, 0.1) is 24.2 Å². The number of rotatable bonds is 11. The summed E-state index contributed by atoms with van der Waals surface area (Å²) in [7, 11) is -5.10. The number of nitrogens with one attached hydrogen (secondary N) is 3. The fourth-order valence-electron chi connectivity index (χ4n) is 4.13. The fourth-order valence-corrected chi connectivity index (χ4v) is 5.25. The number of H-pyrrole nitrogens is 1. The number of para-hydroxylation sites is 1. The topological polar surface area (TPSA) is 216 Å². The number of aliphatic hydroxyl groups is 3. The summed E-state index contributed by atoms with van der Waals surface area (Å²) in [5, 5.41) is 46.7. The van der Waals surface area contributed by atoms with Gasteiger partial charge < -0.3 is 45.2 Å². The van der Waals surface area contributed by atoms with Gasteiger partial charge in [0.2, 0.25) is 13.7 Å². The minimum atomic E-state index is -5.10. The van der Waals surface area contributed by atoms with E-state index in [9.17, 15) is 39.5 Å². The Balaban J connectivity index is 0.00000380. The summed E-state index contributed by atoms with van der Waals surface area (Å²) in [6, 6.07) is 4.31. The van der Waals surface area contributed by atoms with Crippen molar-refractivity contribution in [3.05, 3.63) is 36.0 Å². The van der Waals surface area contributed by atoms with Crippen molar-refractivity contribution in [2.24, 2.45) is 5.92 Å². The zero-order valence-electron chi connectivity index (χ0n) is 22.6. The van der Waals surface area contributed by atoms with Crippen LogP contribution in [0, 0.1) is 5.92 Å². The molecule has 1 aliphatic rings. The first-order chi connectivity index (χ1) is 17.3. The third-order valence-corrected chi connectivity index (χ3v) is 7.20. The van der Waals surface area contributed by atoms with E-state index in [4.69, 9.17) is 9.26 Å². The van der Waals surface area contributed by atoms with Crippen LogP contribution in [-0.2, 0) is 29.8 Å². The van der Waals surface area contributed by atoms with Crippen LogP contribution in [0.5, 0.6) is 0 Å². The van der Waals surface area contributed by atoms with Gasteiger partial charge in [-0.05, 0) is 30.9 Å². The van der Waals surface area contributed by atoms with Gasteiger partial charge in [-0.2, -0.15) is 0 Å². The summed E-state index contributed by atoms with van der Waals surface area (Å²) in [5.41, 5.74) is 1.40. The molecule has 1 unspecified atom stereocenters. The standard InChI is InChI=1S/C23H34N3O10P.2Na/c1-11(2)8-16(26-37(33,34)36-23-20(29)19(28)18(27)12(3)35-23)21(30)25-17(22(31)32)9-13-10-24-15-7-5-4-6-14(13)15;;/h4-7,10-12,16-20,23-24,27-29H,8-9H2,1-3H3,(H,25,30)(H,31,32)(H2,26,33,34);;/q;2*+1/p-2/t12-,16-,17-,18-,19+,20+,23+;;/m0../s1. The predicted octanol–water partition coefficient (Wildman–Crippen LogP) is -7.73. The Kier molecular flexibility index (Phi) is 14.8. The van der Waals surface area contributed by atoms with Gasteiger partial charge in [0.1, 0.15) is 18.3 Å². The molecular formula is C23H32N3Na2O10P. The smallest absolute Gasteiger partial charge is 0.766 e. The van der Waals surface area contributed by atoms with Crippen LogP contribution in [0.25, 0.3) is 10.9 Å². The molecule has 1 fully saturated rings. The molecule has 16 heteroatoms. The number of aromatic amines is 1. The molecule has 6 N–H and O–H groups in total. The van der Waals surface area contributed by atoms with E-state index in [0.717, 1.165) is 10.9 Å². The summed E-state index contributed by atoms with van der Waals surface area (Å²) in [5.74, 6) is -2.66. The third-order valence-electron chi connectivity index (χ3n) is 6.09. The Labute approximate surface area is 270 Å². The van der Waals surface area contributed by atoms with E-state index in [0.29, 0.717) is 5.56 Å². The van der Waals surface area contributed by atoms with Crippen molar-refractivity contribution in [1.82, 2.24) is 15.4 Å². The Bertz CT molecular complexity index is 1150. The molecule has 0 aliphatic carbocycles. The van der Waals surface area contributed by atoms with Gasteiger partial charge in [0.15, 0.2) is 6.29 Å². The SMILES string of the molecule is CC(C)C[C@H](NP(=O)([O-])O[C@H]1O[C@@H](C)[C@H](O)[C@@H](O)[C@H]1O)C(=O)N[C@@H](Cc1c[nH]c2ccccc12)C(=O)[O-].[Na+].[Na+]. The summed E-state index contributed by atoms with van der Waals surface area (Å²) in [4.78, 5) is 40.6. The monoisotopic (exact) mass is 587 g/mol. The zero-order chi connectivity index (χ0) is 27.5. The number of ether oxygens (including phenoxy) is 1. The number of fused-ring (bicyclic) bond motifs is 1. The number of hydrogen-bond donors (Lipinski definition) is 6. The van der Waals surface area contributed by atoms with Crippen LogP contribution in [0.4, 0.5) is 0 Å². The number of carbonyl (C=O) groups excluding carboxylic acids is 2. The van der Waals surface area contributed by atoms with E-state index in [1.165, 1.54) is 6.92 Å². The van der Waals surface area contributed by atoms with Crippen LogP contribution >= 0.6 is 7.75 Å². The molecule has 2 heterocycles. The number of aromatic nitrogens is 1. The van der Waals surface area contributed by atoms with Crippen molar-refractivity contribution < 1.29 is 108 Å². The van der Waals surface area contributed by atoms with Crippen LogP contribution in [-0.4, -0.2) is 75.0 Å². The summed E-state index contributed by atoms with van der Waals surface area (Å²) in [6.45, 7) is 4.81. The van der Waals surface area contributed by atoms with Crippen LogP contribution < -0.4 is 79.5 Å². The minimum absolute atomic E-state index is 0. The number of carbonyl (C=O) groups is 2. The number of carboxylic acid groups (broad SMARTS) is 1. The Morgan fingerprint density at radius 3 is 2.38 bits per heavy atom. The van der Waals surface area contributed by atoms with E-state index < -0.39 is 62.4 Å². The van der Waals surface area contributed by atoms with Crippen LogP contribution in [0.1, 0.15) is 32.8 Å². The second-order valence-electron chi connectivity index (χ2n) is 9.54. The van der Waals surface area contributed by atoms with Crippen molar-refractivity contribution in [2.75, 3.05) is 0 Å². The summed E-state index contributed by atoms with van der Waals surface area (Å²) < 4.78 is 22.7. The van der Waals surface area contributed by atoms with Crippen LogP contribution in [0.3, 0.4) is 0 Å². The van der Waals surface area contributed by atoms with Crippen molar-refractivity contribution in [1.29, 1.82) is 0 Å². The summed E-state index contributed by atoms with van der Waals surface area (Å²) >= 11 is 0. The number of benzene rings is 1. The second-order valence-corrected chi connectivity index (χ2v) is 11.0. The molecule has 0 radical (unpaired) electrons. The zero-order valence-corrected chi connectivity index (χ0v) is 27.5. The normalized spacial score (nSPS) is 26.1. The van der Waals surface area contributed by atoms with E-state index >= 15 is 0 Å². The van der Waals surface area contributed by atoms with Crippen LogP contribution in [0.2, 0.25) is 0 Å². The number of amides is 1. The maximum Gasteiger partial charge on any atom is 1.00 e. The molecule has 1 aromatic heterocycles. The molecule has 206 valence electrons. The maximum atomic E-state index is 13.0. The molecule has 2 aromatic rings. The average molecular weight is 587 g/mol. The van der Waals surface area contributed by atoms with E-state index in [1.54, 1.807) is 32.2 Å². The van der Waals surface area contributed by atoms with Crippen LogP contribution in [0.15, 0.2) is 30.5 Å². The molecule has 1 saturated heterocycles. The van der Waals surface area contributed by atoms with Gasteiger partial charge >= 0.3 is 59.1 Å². The first kappa shape index (κ1) is 36.7. The maximum absolute atomic E-state index is 13.0. The predicted molar refractivity (Wildman–Crippen MR) is 126 cm³/mol. The van der Waals surface area contributed by atoms with E-state index in [2.05, 4.69) is 15.4 Å². The van der Waals surface area contributed by atoms with Crippen molar-refractivity contribution in [3.63, 3.8) is 0 Å². The van der Waals surface area contributed by atoms with Gasteiger partial charge in [-0.3, -0.25) is 13.9 Å². The first-order valence-electron chi connectivity index (χ1n) is 11.8. The Morgan fingerprint density at radius 1 is 1.13 bits per heavy atom. The number of aliphatic carboxylic acids is 1. The largest absolute Gasteiger partial charge is 1.00 e. The van der Waals surface area contributed by atoms with E-state index in [1.807, 2.05) is 12.1 Å². The van der Waals surface area contributed by atoms with Gasteiger partial charge in [-0.1, -0.05) is 32.0 Å². The molecule has 1 aliphatic heterocycles. The molecule has 0 saturated carbocycles. The number of aliphatic hydroxyl groups excluding tert-OH is 3. The van der Waals surface area contributed by atoms with Crippen molar-refractivity contribution in [2.45, 2.75) is 76.4 Å². The van der Waals surface area contributed by atoms with Gasteiger partial charge in [0, 0.05) is 23.5 Å². The molecule has 1 amide bonds. The van der Waals surface area contributed by atoms with Crippen molar-refractivity contribution in [3.8, 4) is 0 Å². The van der Waals surface area contributed by atoms with Gasteiger partial charge in [0.25, 0.3) is 0 Å². The Morgan fingerprint density at radius 2 is 1.77 bits per heavy atom. The number of carboxylic acids is 1. The van der Waals surface area contributed by atoms with Gasteiger partial charge in [-0.15, -0.1) is 0 Å². The molecule has 0 bridgehead atoms. The molecule has 13 nitrogen and oxygen atoms in total. The molecule has 0 spiro atoms. The second kappa shape index (κ2) is 15.8. The Hall–Kier alpha value is -0.350. The summed E-state index contributed by atoms with van der Waals surface area (Å²) in [6.07, 6.45) is -6.47. The molecule has 8 atom stereocenters. The molecular weight excluding hydrogens is 555 g/mol.